The molecular weight excluding hydrogens is 331 g/mol. The van der Waals surface area contributed by atoms with E-state index in [1.54, 1.807) is 12.1 Å². The van der Waals surface area contributed by atoms with E-state index in [2.05, 4.69) is 19.1 Å². The average molecular weight is 351 g/mol. The highest BCUT2D eigenvalue weighted by Crippen LogP contribution is 2.22. The molecule has 2 heteroatoms. The summed E-state index contributed by atoms with van der Waals surface area (Å²) < 4.78 is 14.4. The molecule has 0 aliphatic carbocycles. The topological polar surface area (TPSA) is 0 Å². The first-order valence-electron chi connectivity index (χ1n) is 8.39. The van der Waals surface area contributed by atoms with Crippen LogP contribution in [0.15, 0.2) is 72.8 Å². The Bertz CT molecular complexity index is 851. The zero-order valence-corrected chi connectivity index (χ0v) is 14.9. The highest BCUT2D eigenvalue weighted by atomic mass is 35.5. The first kappa shape index (κ1) is 17.4. The smallest absolute Gasteiger partial charge is 0.130 e. The third-order valence-electron chi connectivity index (χ3n) is 4.30. The van der Waals surface area contributed by atoms with Crippen molar-refractivity contribution in [3.05, 3.63) is 106 Å². The summed E-state index contributed by atoms with van der Waals surface area (Å²) >= 11 is 5.87. The molecule has 0 amide bonds. The van der Waals surface area contributed by atoms with Gasteiger partial charge in [-0.2, -0.15) is 0 Å². The molecule has 1 atom stereocenters. The normalized spacial score (nSPS) is 12.4. The molecule has 0 spiro atoms. The van der Waals surface area contributed by atoms with Gasteiger partial charge in [0.05, 0.1) is 0 Å². The molecule has 0 aliphatic heterocycles. The highest BCUT2D eigenvalue weighted by molar-refractivity contribution is 6.30. The molecule has 0 aliphatic rings. The van der Waals surface area contributed by atoms with Gasteiger partial charge in [0.15, 0.2) is 0 Å². The molecule has 25 heavy (non-hydrogen) atoms. The van der Waals surface area contributed by atoms with E-state index in [9.17, 15) is 4.39 Å². The van der Waals surface area contributed by atoms with E-state index >= 15 is 0 Å². The maximum absolute atomic E-state index is 14.4. The maximum Gasteiger partial charge on any atom is 0.130 e. The zero-order chi connectivity index (χ0) is 17.6. The van der Waals surface area contributed by atoms with Crippen molar-refractivity contribution in [2.75, 3.05) is 0 Å². The Hall–Kier alpha value is -2.38. The lowest BCUT2D eigenvalue weighted by Crippen LogP contribution is -1.99. The van der Waals surface area contributed by atoms with Gasteiger partial charge in [0, 0.05) is 10.6 Å². The fraction of sp³-hybridized carbons (Fsp3) is 0.130. The molecule has 0 N–H and O–H groups in total. The lowest BCUT2D eigenvalue weighted by Gasteiger charge is -2.12. The molecule has 0 radical (unpaired) electrons. The van der Waals surface area contributed by atoms with Crippen LogP contribution in [-0.2, 0) is 6.42 Å². The molecule has 3 aromatic rings. The predicted molar refractivity (Wildman–Crippen MR) is 105 cm³/mol. The molecular formula is C23H20ClF. The van der Waals surface area contributed by atoms with Gasteiger partial charge in [-0.05, 0) is 47.2 Å². The molecule has 0 unspecified atom stereocenters. The van der Waals surface area contributed by atoms with E-state index in [0.29, 0.717) is 16.5 Å². The minimum Gasteiger partial charge on any atom is -0.206 e. The van der Waals surface area contributed by atoms with Crippen molar-refractivity contribution in [2.24, 2.45) is 0 Å². The zero-order valence-electron chi connectivity index (χ0n) is 14.1. The summed E-state index contributed by atoms with van der Waals surface area (Å²) in [6.07, 6.45) is 4.51. The van der Waals surface area contributed by atoms with Gasteiger partial charge in [0.1, 0.15) is 5.82 Å². The molecule has 0 aromatic heterocycles. The van der Waals surface area contributed by atoms with Crippen molar-refractivity contribution in [3.63, 3.8) is 0 Å². The Morgan fingerprint density at radius 3 is 2.32 bits per heavy atom. The van der Waals surface area contributed by atoms with Crippen molar-refractivity contribution in [2.45, 2.75) is 19.3 Å². The molecule has 0 bridgehead atoms. The molecule has 0 saturated carbocycles. The van der Waals surface area contributed by atoms with Gasteiger partial charge in [-0.3, -0.25) is 0 Å². The van der Waals surface area contributed by atoms with Crippen LogP contribution in [0.2, 0.25) is 5.02 Å². The maximum atomic E-state index is 14.4. The van der Waals surface area contributed by atoms with Crippen LogP contribution in [0, 0.1) is 5.82 Å². The Balaban J connectivity index is 1.71. The van der Waals surface area contributed by atoms with Gasteiger partial charge in [0.2, 0.25) is 0 Å². The van der Waals surface area contributed by atoms with Crippen molar-refractivity contribution >= 4 is 23.8 Å². The summed E-state index contributed by atoms with van der Waals surface area (Å²) in [6.45, 7) is 2.17. The van der Waals surface area contributed by atoms with E-state index in [1.807, 2.05) is 60.7 Å². The Morgan fingerprint density at radius 1 is 0.920 bits per heavy atom. The van der Waals surface area contributed by atoms with Crippen LogP contribution >= 0.6 is 11.6 Å². The monoisotopic (exact) mass is 350 g/mol. The Labute approximate surface area is 153 Å². The van der Waals surface area contributed by atoms with Gasteiger partial charge < -0.3 is 0 Å². The first-order chi connectivity index (χ1) is 12.1. The summed E-state index contributed by atoms with van der Waals surface area (Å²) in [4.78, 5) is 0. The fourth-order valence-corrected chi connectivity index (χ4v) is 2.97. The van der Waals surface area contributed by atoms with Crippen molar-refractivity contribution in [1.82, 2.24) is 0 Å². The van der Waals surface area contributed by atoms with E-state index < -0.39 is 0 Å². The summed E-state index contributed by atoms with van der Waals surface area (Å²) in [5, 5.41) is 0.695. The first-order valence-corrected chi connectivity index (χ1v) is 8.76. The van der Waals surface area contributed by atoms with Crippen molar-refractivity contribution < 1.29 is 4.39 Å². The number of halogens is 2. The molecule has 126 valence electrons. The van der Waals surface area contributed by atoms with E-state index in [1.165, 1.54) is 5.56 Å². The van der Waals surface area contributed by atoms with Crippen LogP contribution < -0.4 is 0 Å². The van der Waals surface area contributed by atoms with Crippen LogP contribution in [0.4, 0.5) is 4.39 Å². The lowest BCUT2D eigenvalue weighted by atomic mass is 9.93. The Kier molecular flexibility index (Phi) is 5.67. The summed E-state index contributed by atoms with van der Waals surface area (Å²) in [5.41, 5.74) is 3.86. The number of hydrogen-bond donors (Lipinski definition) is 0. The number of hydrogen-bond acceptors (Lipinski definition) is 0. The summed E-state index contributed by atoms with van der Waals surface area (Å²) in [5.74, 6) is 0.166. The fourth-order valence-electron chi connectivity index (χ4n) is 2.85. The van der Waals surface area contributed by atoms with Crippen LogP contribution in [0.5, 0.6) is 0 Å². The second kappa shape index (κ2) is 8.13. The predicted octanol–water partition coefficient (Wildman–Crippen LogP) is 7.00. The van der Waals surface area contributed by atoms with Gasteiger partial charge >= 0.3 is 0 Å². The van der Waals surface area contributed by atoms with Crippen molar-refractivity contribution in [1.29, 1.82) is 0 Å². The van der Waals surface area contributed by atoms with Crippen molar-refractivity contribution in [3.8, 4) is 0 Å². The molecule has 0 saturated heterocycles. The highest BCUT2D eigenvalue weighted by Gasteiger charge is 2.08. The summed E-state index contributed by atoms with van der Waals surface area (Å²) in [7, 11) is 0. The molecule has 0 heterocycles. The van der Waals surface area contributed by atoms with Crippen LogP contribution in [0.1, 0.15) is 35.1 Å². The van der Waals surface area contributed by atoms with Crippen LogP contribution in [0.3, 0.4) is 0 Å². The van der Waals surface area contributed by atoms with Crippen LogP contribution in [0.25, 0.3) is 12.2 Å². The Morgan fingerprint density at radius 2 is 1.64 bits per heavy atom. The van der Waals surface area contributed by atoms with E-state index in [-0.39, 0.29) is 5.82 Å². The minimum atomic E-state index is -0.192. The largest absolute Gasteiger partial charge is 0.206 e. The SMILES string of the molecule is C[C@@H](Cc1ccc(C=Cc2ccc(Cl)cc2)c(F)c1)c1ccccc1. The second-order valence-electron chi connectivity index (χ2n) is 6.26. The van der Waals surface area contributed by atoms with Gasteiger partial charge in [0.25, 0.3) is 0 Å². The number of benzene rings is 3. The lowest BCUT2D eigenvalue weighted by molar-refractivity contribution is 0.620. The standard InChI is InChI=1S/C23H20ClF/c1-17(20-5-3-2-4-6-20)15-19-8-12-21(23(25)16-19)11-7-18-9-13-22(24)14-10-18/h2-14,16-17H,15H2,1H3/t17-/m0/s1. The third kappa shape index (κ3) is 4.80. The second-order valence-corrected chi connectivity index (χ2v) is 6.69. The van der Waals surface area contributed by atoms with E-state index in [0.717, 1.165) is 17.5 Å². The van der Waals surface area contributed by atoms with Gasteiger partial charge in [-0.15, -0.1) is 0 Å². The van der Waals surface area contributed by atoms with Crippen LogP contribution in [-0.4, -0.2) is 0 Å². The molecule has 0 fully saturated rings. The van der Waals surface area contributed by atoms with E-state index in [4.69, 9.17) is 11.6 Å². The quantitative estimate of drug-likeness (QED) is 0.435. The number of rotatable bonds is 5. The summed E-state index contributed by atoms with van der Waals surface area (Å²) in [6, 6.07) is 23.3. The minimum absolute atomic E-state index is 0.192. The van der Waals surface area contributed by atoms with Gasteiger partial charge in [-0.1, -0.05) is 85.3 Å². The average Bonchev–Trinajstić information content (AvgIpc) is 2.63. The molecule has 3 rings (SSSR count). The third-order valence-corrected chi connectivity index (χ3v) is 4.55. The van der Waals surface area contributed by atoms with Gasteiger partial charge in [-0.25, -0.2) is 4.39 Å². The molecule has 3 aromatic carbocycles. The molecule has 0 nitrogen and oxygen atoms in total.